The number of aromatic nitrogens is 2. The third-order valence-electron chi connectivity index (χ3n) is 3.02. The van der Waals surface area contributed by atoms with Gasteiger partial charge in [0, 0.05) is 20.3 Å². The highest BCUT2D eigenvalue weighted by atomic mass is 16.5. The van der Waals surface area contributed by atoms with Crippen molar-refractivity contribution in [2.75, 3.05) is 25.6 Å². The van der Waals surface area contributed by atoms with Crippen LogP contribution >= 0.6 is 0 Å². The fourth-order valence-corrected chi connectivity index (χ4v) is 1.80. The minimum Gasteiger partial charge on any atom is -0.484 e. The molecule has 0 saturated heterocycles. The molecule has 1 aromatic carbocycles. The number of carbonyl (C=O) groups excluding carboxylic acids is 1. The van der Waals surface area contributed by atoms with Crippen LogP contribution in [-0.2, 0) is 11.3 Å². The Labute approximate surface area is 130 Å². The summed E-state index contributed by atoms with van der Waals surface area (Å²) < 4.78 is 5.50. The second kappa shape index (κ2) is 7.40. The minimum absolute atomic E-state index is 0.0174. The van der Waals surface area contributed by atoms with Crippen molar-refractivity contribution in [3.05, 3.63) is 47.8 Å². The summed E-state index contributed by atoms with van der Waals surface area (Å²) in [7, 11) is 3.74. The highest BCUT2D eigenvalue weighted by Crippen LogP contribution is 2.15. The molecule has 6 nitrogen and oxygen atoms in total. The van der Waals surface area contributed by atoms with E-state index in [0.717, 1.165) is 17.0 Å². The van der Waals surface area contributed by atoms with Crippen molar-refractivity contribution >= 4 is 11.9 Å². The van der Waals surface area contributed by atoms with Gasteiger partial charge in [0.2, 0.25) is 5.95 Å². The number of hydrogen-bond donors (Lipinski definition) is 1. The quantitative estimate of drug-likeness (QED) is 0.876. The zero-order valence-electron chi connectivity index (χ0n) is 13.0. The Balaban J connectivity index is 1.83. The van der Waals surface area contributed by atoms with Gasteiger partial charge in [0.1, 0.15) is 5.75 Å². The number of benzene rings is 1. The van der Waals surface area contributed by atoms with E-state index in [4.69, 9.17) is 4.74 Å². The molecule has 2 aromatic rings. The van der Waals surface area contributed by atoms with Gasteiger partial charge >= 0.3 is 0 Å². The molecule has 116 valence electrons. The Morgan fingerprint density at radius 3 is 2.77 bits per heavy atom. The predicted octanol–water partition coefficient (Wildman–Crippen LogP) is 1.55. The van der Waals surface area contributed by atoms with Crippen LogP contribution in [0, 0.1) is 6.92 Å². The van der Waals surface area contributed by atoms with Crippen molar-refractivity contribution in [3.63, 3.8) is 0 Å². The molecule has 1 aromatic heterocycles. The van der Waals surface area contributed by atoms with E-state index in [1.807, 2.05) is 50.2 Å². The molecule has 22 heavy (non-hydrogen) atoms. The summed E-state index contributed by atoms with van der Waals surface area (Å²) in [5.74, 6) is 1.14. The third kappa shape index (κ3) is 4.44. The lowest BCUT2D eigenvalue weighted by Gasteiger charge is -2.11. The van der Waals surface area contributed by atoms with Crippen LogP contribution in [0.25, 0.3) is 0 Å². The number of para-hydroxylation sites is 1. The van der Waals surface area contributed by atoms with Crippen molar-refractivity contribution in [2.24, 2.45) is 0 Å². The van der Waals surface area contributed by atoms with Crippen molar-refractivity contribution < 1.29 is 9.53 Å². The van der Waals surface area contributed by atoms with Gasteiger partial charge in [-0.3, -0.25) is 4.79 Å². The average molecular weight is 300 g/mol. The van der Waals surface area contributed by atoms with E-state index in [2.05, 4.69) is 15.3 Å². The number of anilines is 1. The number of ether oxygens (including phenoxy) is 1. The summed E-state index contributed by atoms with van der Waals surface area (Å²) in [6.07, 6.45) is 1.67. The van der Waals surface area contributed by atoms with Crippen LogP contribution in [0.4, 0.5) is 5.95 Å². The van der Waals surface area contributed by atoms with Gasteiger partial charge < -0.3 is 15.0 Å². The van der Waals surface area contributed by atoms with E-state index in [-0.39, 0.29) is 12.5 Å². The first kappa shape index (κ1) is 15.8. The fraction of sp³-hybridized carbons (Fsp3) is 0.312. The van der Waals surface area contributed by atoms with Crippen LogP contribution in [0.15, 0.2) is 36.5 Å². The molecule has 1 heterocycles. The summed E-state index contributed by atoms with van der Waals surface area (Å²) in [5, 5.41) is 2.78. The Hall–Kier alpha value is -2.63. The summed E-state index contributed by atoms with van der Waals surface area (Å²) in [5.41, 5.74) is 1.75. The first-order valence-electron chi connectivity index (χ1n) is 7.00. The molecule has 0 saturated carbocycles. The molecule has 0 bridgehead atoms. The van der Waals surface area contributed by atoms with Gasteiger partial charge in [-0.15, -0.1) is 0 Å². The maximum absolute atomic E-state index is 11.8. The van der Waals surface area contributed by atoms with E-state index in [1.54, 1.807) is 12.3 Å². The van der Waals surface area contributed by atoms with Gasteiger partial charge in [0.25, 0.3) is 5.91 Å². The summed E-state index contributed by atoms with van der Waals surface area (Å²) >= 11 is 0. The Kier molecular flexibility index (Phi) is 5.30. The number of hydrogen-bond acceptors (Lipinski definition) is 5. The van der Waals surface area contributed by atoms with Gasteiger partial charge in [-0.25, -0.2) is 9.97 Å². The molecule has 0 atom stereocenters. The maximum Gasteiger partial charge on any atom is 0.258 e. The van der Waals surface area contributed by atoms with Crippen LogP contribution in [0.5, 0.6) is 5.75 Å². The van der Waals surface area contributed by atoms with Crippen LogP contribution in [0.2, 0.25) is 0 Å². The highest BCUT2D eigenvalue weighted by Gasteiger charge is 2.06. The first-order valence-corrected chi connectivity index (χ1v) is 7.00. The normalized spacial score (nSPS) is 10.1. The summed E-state index contributed by atoms with van der Waals surface area (Å²) in [6.45, 7) is 2.27. The molecule has 0 unspecified atom stereocenters. The number of nitrogens with one attached hydrogen (secondary N) is 1. The van der Waals surface area contributed by atoms with Gasteiger partial charge in [0.15, 0.2) is 6.61 Å². The Morgan fingerprint density at radius 2 is 2.05 bits per heavy atom. The molecule has 0 spiro atoms. The van der Waals surface area contributed by atoms with Crippen molar-refractivity contribution in [3.8, 4) is 5.75 Å². The van der Waals surface area contributed by atoms with E-state index in [1.165, 1.54) is 0 Å². The largest absolute Gasteiger partial charge is 0.484 e. The van der Waals surface area contributed by atoms with E-state index >= 15 is 0 Å². The number of nitrogens with zero attached hydrogens (tertiary/aromatic N) is 3. The minimum atomic E-state index is -0.187. The SMILES string of the molecule is Cc1ccccc1OCC(=O)NCc1ccnc(N(C)C)n1. The van der Waals surface area contributed by atoms with Crippen LogP contribution in [0.3, 0.4) is 0 Å². The van der Waals surface area contributed by atoms with Gasteiger partial charge in [-0.05, 0) is 24.6 Å². The van der Waals surface area contributed by atoms with Gasteiger partial charge in [-0.2, -0.15) is 0 Å². The number of rotatable bonds is 6. The zero-order chi connectivity index (χ0) is 15.9. The van der Waals surface area contributed by atoms with Gasteiger partial charge in [0.05, 0.1) is 12.2 Å². The van der Waals surface area contributed by atoms with E-state index in [0.29, 0.717) is 12.5 Å². The smallest absolute Gasteiger partial charge is 0.258 e. The Bertz CT molecular complexity index is 644. The molecule has 1 amide bonds. The topological polar surface area (TPSA) is 67.3 Å². The molecule has 0 aliphatic carbocycles. The Morgan fingerprint density at radius 1 is 1.27 bits per heavy atom. The first-order chi connectivity index (χ1) is 10.6. The molecule has 0 radical (unpaired) electrons. The lowest BCUT2D eigenvalue weighted by atomic mass is 10.2. The molecule has 0 aliphatic heterocycles. The van der Waals surface area contributed by atoms with E-state index < -0.39 is 0 Å². The molecule has 0 aliphatic rings. The van der Waals surface area contributed by atoms with Crippen LogP contribution in [-0.4, -0.2) is 36.6 Å². The average Bonchev–Trinajstić information content (AvgIpc) is 2.52. The second-order valence-corrected chi connectivity index (χ2v) is 5.07. The third-order valence-corrected chi connectivity index (χ3v) is 3.02. The zero-order valence-corrected chi connectivity index (χ0v) is 13.0. The van der Waals surface area contributed by atoms with Crippen molar-refractivity contribution in [2.45, 2.75) is 13.5 Å². The second-order valence-electron chi connectivity index (χ2n) is 5.07. The van der Waals surface area contributed by atoms with Crippen LogP contribution < -0.4 is 15.0 Å². The number of carbonyl (C=O) groups is 1. The molecular weight excluding hydrogens is 280 g/mol. The molecule has 0 fully saturated rings. The lowest BCUT2D eigenvalue weighted by Crippen LogP contribution is -2.29. The molecule has 1 N–H and O–H groups in total. The highest BCUT2D eigenvalue weighted by molar-refractivity contribution is 5.77. The molecule has 6 heteroatoms. The predicted molar refractivity (Wildman–Crippen MR) is 84.9 cm³/mol. The standard InChI is InChI=1S/C16H20N4O2/c1-12-6-4-5-7-14(12)22-11-15(21)18-10-13-8-9-17-16(19-13)20(2)3/h4-9H,10-11H2,1-3H3,(H,18,21). The van der Waals surface area contributed by atoms with Crippen LogP contribution in [0.1, 0.15) is 11.3 Å². The fourth-order valence-electron chi connectivity index (χ4n) is 1.80. The molecular formula is C16H20N4O2. The monoisotopic (exact) mass is 300 g/mol. The molecule has 2 rings (SSSR count). The van der Waals surface area contributed by atoms with Crippen molar-refractivity contribution in [1.29, 1.82) is 0 Å². The summed E-state index contributed by atoms with van der Waals surface area (Å²) in [6, 6.07) is 9.37. The van der Waals surface area contributed by atoms with E-state index in [9.17, 15) is 4.79 Å². The number of amides is 1. The maximum atomic E-state index is 11.8. The lowest BCUT2D eigenvalue weighted by molar-refractivity contribution is -0.123. The van der Waals surface area contributed by atoms with Gasteiger partial charge in [-0.1, -0.05) is 18.2 Å². The van der Waals surface area contributed by atoms with Crippen molar-refractivity contribution in [1.82, 2.24) is 15.3 Å². The number of aryl methyl sites for hydroxylation is 1. The summed E-state index contributed by atoms with van der Waals surface area (Å²) in [4.78, 5) is 22.1.